The highest BCUT2D eigenvalue weighted by molar-refractivity contribution is 5.75. The summed E-state index contributed by atoms with van der Waals surface area (Å²) in [6.45, 7) is 4.75. The molecule has 0 aromatic rings. The first-order valence-electron chi connectivity index (χ1n) is 10.2. The number of hydrogen-bond donors (Lipinski definition) is 2. The molecule has 0 aliphatic carbocycles. The van der Waals surface area contributed by atoms with Gasteiger partial charge in [0.25, 0.3) is 0 Å². The van der Waals surface area contributed by atoms with E-state index in [0.717, 1.165) is 25.7 Å². The Bertz CT molecular complexity index is 435. The molecule has 0 spiro atoms. The van der Waals surface area contributed by atoms with E-state index in [4.69, 9.17) is 5.11 Å². The normalized spacial score (nSPS) is 13.5. The number of hydrogen-bond acceptors (Lipinski definition) is 2. The van der Waals surface area contributed by atoms with Crippen molar-refractivity contribution >= 4 is 5.91 Å². The molecule has 3 nitrogen and oxygen atoms in total. The molecular weight excluding hydrogens is 322 g/mol. The third-order valence-electron chi connectivity index (χ3n) is 3.94. The lowest BCUT2D eigenvalue weighted by Crippen LogP contribution is -2.25. The Kier molecular flexibility index (Phi) is 18.5. The summed E-state index contributed by atoms with van der Waals surface area (Å²) in [5.74, 6) is 0.438. The Morgan fingerprint density at radius 3 is 2.31 bits per heavy atom. The lowest BCUT2D eigenvalue weighted by Gasteiger charge is -2.01. The minimum Gasteiger partial charge on any atom is -0.395 e. The van der Waals surface area contributed by atoms with Crippen molar-refractivity contribution in [2.75, 3.05) is 13.2 Å². The molecule has 0 radical (unpaired) electrons. The maximum atomic E-state index is 11.4. The average Bonchev–Trinajstić information content (AvgIpc) is 2.64. The molecule has 1 atom stereocenters. The molecule has 2 N–H and O–H groups in total. The largest absolute Gasteiger partial charge is 0.395 e. The summed E-state index contributed by atoms with van der Waals surface area (Å²) in [4.78, 5) is 11.4. The number of aliphatic hydroxyl groups excluding tert-OH is 1. The summed E-state index contributed by atoms with van der Waals surface area (Å²) >= 11 is 0. The van der Waals surface area contributed by atoms with Crippen LogP contribution in [0.3, 0.4) is 0 Å². The van der Waals surface area contributed by atoms with E-state index >= 15 is 0 Å². The van der Waals surface area contributed by atoms with Crippen molar-refractivity contribution in [3.05, 3.63) is 48.6 Å². The molecule has 0 unspecified atom stereocenters. The van der Waals surface area contributed by atoms with Crippen LogP contribution in [0.5, 0.6) is 0 Å². The SMILES string of the molecule is CCCCC/C=C\C/C=C\C/C=C\[C@H](C)/C=C\CCCC(=O)NCCO. The lowest BCUT2D eigenvalue weighted by molar-refractivity contribution is -0.121. The Morgan fingerprint density at radius 2 is 1.58 bits per heavy atom. The molecule has 0 aliphatic heterocycles. The second-order valence-electron chi connectivity index (χ2n) is 6.59. The van der Waals surface area contributed by atoms with Crippen molar-refractivity contribution in [3.63, 3.8) is 0 Å². The quantitative estimate of drug-likeness (QED) is 0.282. The lowest BCUT2D eigenvalue weighted by atomic mass is 10.1. The molecule has 3 heteroatoms. The number of unbranched alkanes of at least 4 members (excludes halogenated alkanes) is 4. The van der Waals surface area contributed by atoms with E-state index in [-0.39, 0.29) is 12.5 Å². The number of rotatable bonds is 16. The molecule has 0 fully saturated rings. The molecule has 1 amide bonds. The zero-order chi connectivity index (χ0) is 19.3. The second kappa shape index (κ2) is 19.7. The van der Waals surface area contributed by atoms with Gasteiger partial charge in [-0.1, -0.05) is 75.3 Å². The van der Waals surface area contributed by atoms with Crippen LogP contribution in [-0.2, 0) is 4.79 Å². The van der Waals surface area contributed by atoms with Crippen molar-refractivity contribution in [3.8, 4) is 0 Å². The topological polar surface area (TPSA) is 49.3 Å². The molecule has 0 saturated carbocycles. The molecule has 0 aromatic carbocycles. The van der Waals surface area contributed by atoms with Gasteiger partial charge in [-0.05, 0) is 44.4 Å². The number of amides is 1. The van der Waals surface area contributed by atoms with Gasteiger partial charge in [0.1, 0.15) is 0 Å². The van der Waals surface area contributed by atoms with E-state index < -0.39 is 0 Å². The van der Waals surface area contributed by atoms with Crippen LogP contribution >= 0.6 is 0 Å². The van der Waals surface area contributed by atoms with Gasteiger partial charge in [-0.2, -0.15) is 0 Å². The minimum atomic E-state index is 0.000425. The maximum Gasteiger partial charge on any atom is 0.220 e. The minimum absolute atomic E-state index is 0.000425. The van der Waals surface area contributed by atoms with Gasteiger partial charge in [0, 0.05) is 13.0 Å². The highest BCUT2D eigenvalue weighted by atomic mass is 16.3. The fourth-order valence-corrected chi connectivity index (χ4v) is 2.41. The maximum absolute atomic E-state index is 11.4. The summed E-state index contributed by atoms with van der Waals surface area (Å²) in [7, 11) is 0. The number of aliphatic hydroxyl groups is 1. The van der Waals surface area contributed by atoms with Crippen LogP contribution in [0.25, 0.3) is 0 Å². The second-order valence-corrected chi connectivity index (χ2v) is 6.59. The molecule has 0 rings (SSSR count). The summed E-state index contributed by atoms with van der Waals surface area (Å²) in [5, 5.41) is 11.3. The van der Waals surface area contributed by atoms with Gasteiger partial charge in [0.15, 0.2) is 0 Å². The standard InChI is InChI=1S/C23H39NO2/c1-3-4-5-6-7-8-9-10-11-12-14-17-22(2)18-15-13-16-19-23(26)24-20-21-25/h7-8,10-11,14-15,17-18,22,25H,3-6,9,12-13,16,19-21H2,1-2H3,(H,24,26)/b8-7-,11-10-,17-14-,18-15-/t22-/m0/s1. The van der Waals surface area contributed by atoms with Crippen molar-refractivity contribution in [2.24, 2.45) is 5.92 Å². The summed E-state index contributed by atoms with van der Waals surface area (Å²) in [6, 6.07) is 0. The molecule has 0 aliphatic rings. The summed E-state index contributed by atoms with van der Waals surface area (Å²) in [5.41, 5.74) is 0. The zero-order valence-corrected chi connectivity index (χ0v) is 16.8. The number of allylic oxidation sites excluding steroid dienone is 8. The van der Waals surface area contributed by atoms with E-state index in [0.29, 0.717) is 18.9 Å². The van der Waals surface area contributed by atoms with Crippen LogP contribution in [0.4, 0.5) is 0 Å². The number of carbonyl (C=O) groups is 1. The first kappa shape index (κ1) is 24.4. The smallest absolute Gasteiger partial charge is 0.220 e. The molecule has 0 aromatic heterocycles. The molecule has 26 heavy (non-hydrogen) atoms. The van der Waals surface area contributed by atoms with Crippen LogP contribution in [0.15, 0.2) is 48.6 Å². The van der Waals surface area contributed by atoms with E-state index in [1.54, 1.807) is 0 Å². The Morgan fingerprint density at radius 1 is 0.923 bits per heavy atom. The van der Waals surface area contributed by atoms with Crippen molar-refractivity contribution < 1.29 is 9.90 Å². The molecule has 0 saturated heterocycles. The summed E-state index contributed by atoms with van der Waals surface area (Å²) < 4.78 is 0. The van der Waals surface area contributed by atoms with Crippen LogP contribution in [0, 0.1) is 5.92 Å². The summed E-state index contributed by atoms with van der Waals surface area (Å²) in [6.07, 6.45) is 27.2. The number of carbonyl (C=O) groups excluding carboxylic acids is 1. The Labute approximate surface area is 161 Å². The predicted molar refractivity (Wildman–Crippen MR) is 113 cm³/mol. The first-order chi connectivity index (χ1) is 12.7. The van der Waals surface area contributed by atoms with Gasteiger partial charge in [0.05, 0.1) is 6.61 Å². The van der Waals surface area contributed by atoms with Gasteiger partial charge < -0.3 is 10.4 Å². The fourth-order valence-electron chi connectivity index (χ4n) is 2.41. The van der Waals surface area contributed by atoms with Gasteiger partial charge in [-0.15, -0.1) is 0 Å². The Balaban J connectivity index is 3.65. The molecular formula is C23H39NO2. The average molecular weight is 362 g/mol. The third kappa shape index (κ3) is 18.7. The van der Waals surface area contributed by atoms with E-state index in [9.17, 15) is 4.79 Å². The molecule has 0 heterocycles. The first-order valence-corrected chi connectivity index (χ1v) is 10.2. The molecule has 148 valence electrons. The van der Waals surface area contributed by atoms with Crippen molar-refractivity contribution in [1.82, 2.24) is 5.32 Å². The molecule has 0 bridgehead atoms. The predicted octanol–water partition coefficient (Wildman–Crippen LogP) is 5.49. The van der Waals surface area contributed by atoms with Gasteiger partial charge in [-0.25, -0.2) is 0 Å². The zero-order valence-electron chi connectivity index (χ0n) is 16.8. The third-order valence-corrected chi connectivity index (χ3v) is 3.94. The van der Waals surface area contributed by atoms with Crippen molar-refractivity contribution in [1.29, 1.82) is 0 Å². The van der Waals surface area contributed by atoms with Crippen molar-refractivity contribution in [2.45, 2.75) is 71.6 Å². The van der Waals surface area contributed by atoms with Gasteiger partial charge in [0.2, 0.25) is 5.91 Å². The van der Waals surface area contributed by atoms with E-state index in [1.165, 1.54) is 25.7 Å². The Hall–Kier alpha value is -1.61. The van der Waals surface area contributed by atoms with Crippen LogP contribution in [0.2, 0.25) is 0 Å². The van der Waals surface area contributed by atoms with E-state index in [2.05, 4.69) is 67.8 Å². The highest BCUT2D eigenvalue weighted by Crippen LogP contribution is 2.05. The van der Waals surface area contributed by atoms with Gasteiger partial charge >= 0.3 is 0 Å². The highest BCUT2D eigenvalue weighted by Gasteiger charge is 1.98. The van der Waals surface area contributed by atoms with Gasteiger partial charge in [-0.3, -0.25) is 4.79 Å². The van der Waals surface area contributed by atoms with Crippen LogP contribution in [-0.4, -0.2) is 24.2 Å². The van der Waals surface area contributed by atoms with Crippen LogP contribution in [0.1, 0.15) is 71.6 Å². The number of nitrogens with one attached hydrogen (secondary N) is 1. The van der Waals surface area contributed by atoms with Crippen LogP contribution < -0.4 is 5.32 Å². The van der Waals surface area contributed by atoms with E-state index in [1.807, 2.05) is 0 Å². The fraction of sp³-hybridized carbons (Fsp3) is 0.609. The monoisotopic (exact) mass is 361 g/mol.